The Hall–Kier alpha value is -3.08. The van der Waals surface area contributed by atoms with Crippen LogP contribution in [0, 0.1) is 5.92 Å². The topological polar surface area (TPSA) is 65.2 Å². The second kappa shape index (κ2) is 10.5. The fourth-order valence-electron chi connectivity index (χ4n) is 4.62. The van der Waals surface area contributed by atoms with Crippen molar-refractivity contribution < 1.29 is 9.59 Å². The number of fused-ring (bicyclic) bond motifs is 1. The van der Waals surface area contributed by atoms with E-state index in [1.165, 1.54) is 16.5 Å². The van der Waals surface area contributed by atoms with E-state index in [1.807, 2.05) is 41.4 Å². The molecule has 5 heteroatoms. The molecule has 1 fully saturated rings. The predicted molar refractivity (Wildman–Crippen MR) is 128 cm³/mol. The summed E-state index contributed by atoms with van der Waals surface area (Å²) in [5, 5.41) is 4.35. The van der Waals surface area contributed by atoms with E-state index in [0.717, 1.165) is 37.7 Å². The summed E-state index contributed by atoms with van der Waals surface area (Å²) < 4.78 is 0. The molecule has 2 aromatic carbocycles. The highest BCUT2D eigenvalue weighted by molar-refractivity contribution is 5.84. The molecular formula is C27H33N3O2. The zero-order valence-electron chi connectivity index (χ0n) is 18.8. The molecule has 0 aliphatic carbocycles. The highest BCUT2D eigenvalue weighted by Gasteiger charge is 2.28. The van der Waals surface area contributed by atoms with Crippen molar-refractivity contribution in [3.8, 4) is 0 Å². The number of piperidine rings is 1. The van der Waals surface area contributed by atoms with Crippen LogP contribution in [-0.2, 0) is 22.4 Å². The van der Waals surface area contributed by atoms with Crippen LogP contribution < -0.4 is 5.32 Å². The summed E-state index contributed by atoms with van der Waals surface area (Å²) in [5.41, 5.74) is 3.57. The minimum Gasteiger partial charge on any atom is -0.361 e. The van der Waals surface area contributed by atoms with Crippen molar-refractivity contribution in [3.63, 3.8) is 0 Å². The Labute approximate surface area is 190 Å². The Balaban J connectivity index is 1.24. The van der Waals surface area contributed by atoms with Crippen LogP contribution in [0.25, 0.3) is 10.9 Å². The molecule has 1 aliphatic rings. The van der Waals surface area contributed by atoms with Crippen LogP contribution in [0.15, 0.2) is 60.8 Å². The number of para-hydroxylation sites is 1. The third kappa shape index (κ3) is 5.58. The van der Waals surface area contributed by atoms with Crippen LogP contribution in [0.2, 0.25) is 0 Å². The third-order valence-corrected chi connectivity index (χ3v) is 6.53. The molecule has 1 aliphatic heterocycles. The van der Waals surface area contributed by atoms with Crippen LogP contribution >= 0.6 is 0 Å². The lowest BCUT2D eigenvalue weighted by Crippen LogP contribution is -2.47. The van der Waals surface area contributed by atoms with Crippen LogP contribution in [0.3, 0.4) is 0 Å². The molecule has 168 valence electrons. The smallest absolute Gasteiger partial charge is 0.225 e. The number of H-pyrrole nitrogens is 1. The molecular weight excluding hydrogens is 398 g/mol. The summed E-state index contributed by atoms with van der Waals surface area (Å²) in [4.78, 5) is 30.8. The SMILES string of the molecule is C[C@H](CCc1ccccc1)NC(=O)[C@H]1CCCN(C(=O)CCc2c[nH]c3ccccc23)C1. The van der Waals surface area contributed by atoms with E-state index in [0.29, 0.717) is 19.4 Å². The van der Waals surface area contributed by atoms with Gasteiger partial charge in [-0.05, 0) is 56.2 Å². The molecule has 0 spiro atoms. The van der Waals surface area contributed by atoms with Crippen molar-refractivity contribution in [2.45, 2.75) is 51.5 Å². The molecule has 0 radical (unpaired) electrons. The molecule has 5 nitrogen and oxygen atoms in total. The van der Waals surface area contributed by atoms with Gasteiger partial charge >= 0.3 is 0 Å². The fraction of sp³-hybridized carbons (Fsp3) is 0.407. The number of hydrogen-bond acceptors (Lipinski definition) is 2. The summed E-state index contributed by atoms with van der Waals surface area (Å²) >= 11 is 0. The maximum Gasteiger partial charge on any atom is 0.225 e. The van der Waals surface area contributed by atoms with E-state index >= 15 is 0 Å². The number of aryl methyl sites for hydroxylation is 2. The first kappa shape index (κ1) is 22.1. The number of rotatable bonds is 8. The van der Waals surface area contributed by atoms with Crippen molar-refractivity contribution in [1.82, 2.24) is 15.2 Å². The maximum atomic E-state index is 12.9. The Kier molecular flexibility index (Phi) is 7.25. The van der Waals surface area contributed by atoms with E-state index in [4.69, 9.17) is 0 Å². The summed E-state index contributed by atoms with van der Waals surface area (Å²) in [7, 11) is 0. The molecule has 0 saturated carbocycles. The van der Waals surface area contributed by atoms with E-state index in [2.05, 4.69) is 41.5 Å². The fourth-order valence-corrected chi connectivity index (χ4v) is 4.62. The van der Waals surface area contributed by atoms with Gasteiger partial charge in [0.15, 0.2) is 0 Å². The van der Waals surface area contributed by atoms with Crippen molar-refractivity contribution >= 4 is 22.7 Å². The largest absolute Gasteiger partial charge is 0.361 e. The van der Waals surface area contributed by atoms with Crippen molar-refractivity contribution in [2.24, 2.45) is 5.92 Å². The van der Waals surface area contributed by atoms with Crippen molar-refractivity contribution in [2.75, 3.05) is 13.1 Å². The predicted octanol–water partition coefficient (Wildman–Crippen LogP) is 4.48. The average molecular weight is 432 g/mol. The highest BCUT2D eigenvalue weighted by atomic mass is 16.2. The third-order valence-electron chi connectivity index (χ3n) is 6.53. The zero-order valence-corrected chi connectivity index (χ0v) is 18.8. The Morgan fingerprint density at radius 2 is 1.88 bits per heavy atom. The second-order valence-corrected chi connectivity index (χ2v) is 8.97. The number of carbonyl (C=O) groups excluding carboxylic acids is 2. The lowest BCUT2D eigenvalue weighted by Gasteiger charge is -2.32. The first-order chi connectivity index (χ1) is 15.6. The van der Waals surface area contributed by atoms with Gasteiger partial charge in [-0.3, -0.25) is 9.59 Å². The van der Waals surface area contributed by atoms with Gasteiger partial charge in [0.25, 0.3) is 0 Å². The number of hydrogen-bond donors (Lipinski definition) is 2. The van der Waals surface area contributed by atoms with Gasteiger partial charge in [-0.15, -0.1) is 0 Å². The lowest BCUT2D eigenvalue weighted by atomic mass is 9.95. The van der Waals surface area contributed by atoms with E-state index in [1.54, 1.807) is 0 Å². The molecule has 1 saturated heterocycles. The maximum absolute atomic E-state index is 12.9. The lowest BCUT2D eigenvalue weighted by molar-refractivity contribution is -0.135. The summed E-state index contributed by atoms with van der Waals surface area (Å²) in [6, 6.07) is 18.6. The number of nitrogens with zero attached hydrogens (tertiary/aromatic N) is 1. The van der Waals surface area contributed by atoms with E-state index < -0.39 is 0 Å². The molecule has 2 N–H and O–H groups in total. The molecule has 3 aromatic rings. The number of carbonyl (C=O) groups is 2. The molecule has 1 aromatic heterocycles. The number of aromatic nitrogens is 1. The molecule has 0 unspecified atom stereocenters. The van der Waals surface area contributed by atoms with Gasteiger partial charge < -0.3 is 15.2 Å². The monoisotopic (exact) mass is 431 g/mol. The number of aromatic amines is 1. The number of amides is 2. The van der Waals surface area contributed by atoms with Gasteiger partial charge in [-0.1, -0.05) is 48.5 Å². The summed E-state index contributed by atoms with van der Waals surface area (Å²) in [6.07, 6.45) is 6.79. The van der Waals surface area contributed by atoms with Gasteiger partial charge in [0.2, 0.25) is 11.8 Å². The van der Waals surface area contributed by atoms with Crippen molar-refractivity contribution in [1.29, 1.82) is 0 Å². The minimum absolute atomic E-state index is 0.0830. The molecule has 4 rings (SSSR count). The second-order valence-electron chi connectivity index (χ2n) is 8.97. The van der Waals surface area contributed by atoms with Crippen LogP contribution in [0.4, 0.5) is 0 Å². The van der Waals surface area contributed by atoms with Gasteiger partial charge in [-0.2, -0.15) is 0 Å². The van der Waals surface area contributed by atoms with E-state index in [-0.39, 0.29) is 23.8 Å². The summed E-state index contributed by atoms with van der Waals surface area (Å²) in [5.74, 6) is 0.115. The number of nitrogens with one attached hydrogen (secondary N) is 2. The molecule has 0 bridgehead atoms. The van der Waals surface area contributed by atoms with Crippen LogP contribution in [0.1, 0.15) is 43.7 Å². The van der Waals surface area contributed by atoms with Gasteiger partial charge in [0, 0.05) is 42.7 Å². The standard InChI is InChI=1S/C27H33N3O2/c1-20(13-14-21-8-3-2-4-9-21)29-27(32)23-10-7-17-30(19-23)26(31)16-15-22-18-28-25-12-6-5-11-24(22)25/h2-6,8-9,11-12,18,20,23,28H,7,10,13-17,19H2,1H3,(H,29,32)/t20-,23+/m1/s1. The number of likely N-dealkylation sites (tertiary alicyclic amines) is 1. The molecule has 2 heterocycles. The first-order valence-corrected chi connectivity index (χ1v) is 11.8. The normalized spacial score (nSPS) is 17.3. The highest BCUT2D eigenvalue weighted by Crippen LogP contribution is 2.21. The Morgan fingerprint density at radius 3 is 2.72 bits per heavy atom. The Morgan fingerprint density at radius 1 is 1.09 bits per heavy atom. The summed E-state index contributed by atoms with van der Waals surface area (Å²) in [6.45, 7) is 3.35. The molecule has 2 amide bonds. The van der Waals surface area contributed by atoms with Gasteiger partial charge in [0.05, 0.1) is 5.92 Å². The van der Waals surface area contributed by atoms with Gasteiger partial charge in [-0.25, -0.2) is 0 Å². The van der Waals surface area contributed by atoms with Crippen molar-refractivity contribution in [3.05, 3.63) is 71.9 Å². The molecule has 2 atom stereocenters. The van der Waals surface area contributed by atoms with Crippen LogP contribution in [0.5, 0.6) is 0 Å². The minimum atomic E-state index is -0.111. The Bertz CT molecular complexity index is 1040. The molecule has 32 heavy (non-hydrogen) atoms. The van der Waals surface area contributed by atoms with E-state index in [9.17, 15) is 9.59 Å². The van der Waals surface area contributed by atoms with Gasteiger partial charge in [0.1, 0.15) is 0 Å². The first-order valence-electron chi connectivity index (χ1n) is 11.8. The zero-order chi connectivity index (χ0) is 22.3. The quantitative estimate of drug-likeness (QED) is 0.552. The average Bonchev–Trinajstić information content (AvgIpc) is 3.25. The number of benzene rings is 2. The van der Waals surface area contributed by atoms with Crippen LogP contribution in [-0.4, -0.2) is 40.8 Å².